The molecule has 3 nitrogen and oxygen atoms in total. The van der Waals surface area contributed by atoms with E-state index in [-0.39, 0.29) is 6.10 Å². The first-order valence-corrected chi connectivity index (χ1v) is 3.90. The minimum Gasteiger partial charge on any atom is -0.446 e. The second kappa shape index (κ2) is 6.46. The van der Waals surface area contributed by atoms with Gasteiger partial charge in [-0.05, 0) is 13.8 Å². The summed E-state index contributed by atoms with van der Waals surface area (Å²) >= 11 is 0. The average Bonchev–Trinajstić information content (AvgIpc) is 1.97. The van der Waals surface area contributed by atoms with Crippen LogP contribution in [0.15, 0.2) is 24.3 Å². The zero-order valence-corrected chi connectivity index (χ0v) is 7.49. The molecule has 68 valence electrons. The fourth-order valence-electron chi connectivity index (χ4n) is 0.706. The molecule has 2 N–H and O–H groups in total. The van der Waals surface area contributed by atoms with Gasteiger partial charge in [-0.2, -0.15) is 0 Å². The monoisotopic (exact) mass is 169 g/mol. The van der Waals surface area contributed by atoms with E-state index in [4.69, 9.17) is 10.5 Å². The lowest BCUT2D eigenvalue weighted by atomic mass is 10.2. The fraction of sp³-hybridized carbons (Fsp3) is 0.444. The van der Waals surface area contributed by atoms with Crippen molar-refractivity contribution < 1.29 is 9.53 Å². The van der Waals surface area contributed by atoms with E-state index in [2.05, 4.69) is 0 Å². The Bertz CT molecular complexity index is 185. The summed E-state index contributed by atoms with van der Waals surface area (Å²) < 4.78 is 4.69. The number of hydrogen-bond acceptors (Lipinski definition) is 2. The molecular weight excluding hydrogens is 154 g/mol. The summed E-state index contributed by atoms with van der Waals surface area (Å²) in [5, 5.41) is 0. The van der Waals surface area contributed by atoms with Crippen LogP contribution < -0.4 is 5.73 Å². The van der Waals surface area contributed by atoms with Crippen LogP contribution in [0.4, 0.5) is 4.79 Å². The topological polar surface area (TPSA) is 52.3 Å². The Morgan fingerprint density at radius 1 is 1.58 bits per heavy atom. The van der Waals surface area contributed by atoms with Crippen LogP contribution in [0.25, 0.3) is 0 Å². The lowest BCUT2D eigenvalue weighted by Gasteiger charge is -2.07. The predicted molar refractivity (Wildman–Crippen MR) is 48.7 cm³/mol. The van der Waals surface area contributed by atoms with E-state index in [1.165, 1.54) is 0 Å². The van der Waals surface area contributed by atoms with Crippen molar-refractivity contribution in [1.82, 2.24) is 0 Å². The number of carbonyl (C=O) groups is 1. The van der Waals surface area contributed by atoms with E-state index in [1.807, 2.05) is 31.2 Å². The number of ether oxygens (including phenoxy) is 1. The second-order valence-electron chi connectivity index (χ2n) is 2.44. The number of hydrogen-bond donors (Lipinski definition) is 1. The average molecular weight is 169 g/mol. The molecule has 1 amide bonds. The van der Waals surface area contributed by atoms with Crippen molar-refractivity contribution in [3.05, 3.63) is 24.3 Å². The number of carbonyl (C=O) groups excluding carboxylic acids is 1. The van der Waals surface area contributed by atoms with Crippen LogP contribution in [-0.4, -0.2) is 12.2 Å². The third-order valence-electron chi connectivity index (χ3n) is 1.22. The molecule has 0 heterocycles. The molecular formula is C9H15NO2. The van der Waals surface area contributed by atoms with E-state index in [1.54, 1.807) is 6.92 Å². The number of primary amides is 1. The van der Waals surface area contributed by atoms with Gasteiger partial charge in [-0.1, -0.05) is 24.3 Å². The molecule has 1 atom stereocenters. The zero-order valence-electron chi connectivity index (χ0n) is 7.49. The Labute approximate surface area is 72.9 Å². The van der Waals surface area contributed by atoms with Crippen LogP contribution in [0.3, 0.4) is 0 Å². The van der Waals surface area contributed by atoms with E-state index >= 15 is 0 Å². The van der Waals surface area contributed by atoms with Crippen LogP contribution in [0.1, 0.15) is 20.3 Å². The Hall–Kier alpha value is -1.25. The molecule has 0 spiro atoms. The summed E-state index contributed by atoms with van der Waals surface area (Å²) in [4.78, 5) is 10.3. The molecule has 0 bridgehead atoms. The van der Waals surface area contributed by atoms with Gasteiger partial charge in [0.25, 0.3) is 0 Å². The summed E-state index contributed by atoms with van der Waals surface area (Å²) in [5.41, 5.74) is 4.82. The van der Waals surface area contributed by atoms with Crippen LogP contribution >= 0.6 is 0 Å². The predicted octanol–water partition coefficient (Wildman–Crippen LogP) is 1.99. The van der Waals surface area contributed by atoms with Gasteiger partial charge >= 0.3 is 6.09 Å². The molecule has 12 heavy (non-hydrogen) atoms. The first-order valence-electron chi connectivity index (χ1n) is 3.90. The lowest BCUT2D eigenvalue weighted by molar-refractivity contribution is 0.117. The Morgan fingerprint density at radius 2 is 2.25 bits per heavy atom. The summed E-state index contributed by atoms with van der Waals surface area (Å²) in [6.07, 6.45) is 7.49. The molecule has 1 unspecified atom stereocenters. The minimum atomic E-state index is -0.720. The van der Waals surface area contributed by atoms with E-state index < -0.39 is 6.09 Å². The van der Waals surface area contributed by atoms with Gasteiger partial charge in [0.15, 0.2) is 0 Å². The molecule has 3 heteroatoms. The molecule has 0 saturated heterocycles. The molecule has 0 aromatic carbocycles. The van der Waals surface area contributed by atoms with E-state index in [0.717, 1.165) is 0 Å². The van der Waals surface area contributed by atoms with Gasteiger partial charge in [-0.25, -0.2) is 4.79 Å². The van der Waals surface area contributed by atoms with E-state index in [9.17, 15) is 4.79 Å². The van der Waals surface area contributed by atoms with Crippen LogP contribution in [-0.2, 0) is 4.74 Å². The SMILES string of the molecule is C/C=C/C=C/CC(C)OC(N)=O. The molecule has 0 radical (unpaired) electrons. The summed E-state index contributed by atoms with van der Waals surface area (Å²) in [6, 6.07) is 0. The molecule has 0 fully saturated rings. The Balaban J connectivity index is 3.56. The highest BCUT2D eigenvalue weighted by Gasteiger charge is 2.01. The van der Waals surface area contributed by atoms with Crippen LogP contribution in [0.5, 0.6) is 0 Å². The van der Waals surface area contributed by atoms with Gasteiger partial charge in [0.05, 0.1) is 0 Å². The highest BCUT2D eigenvalue weighted by molar-refractivity contribution is 5.64. The third-order valence-corrected chi connectivity index (χ3v) is 1.22. The number of amides is 1. The summed E-state index contributed by atoms with van der Waals surface area (Å²) in [7, 11) is 0. The summed E-state index contributed by atoms with van der Waals surface area (Å²) in [5.74, 6) is 0. The Kier molecular flexibility index (Phi) is 5.79. The lowest BCUT2D eigenvalue weighted by Crippen LogP contribution is -2.19. The highest BCUT2D eigenvalue weighted by Crippen LogP contribution is 1.98. The molecule has 0 aliphatic heterocycles. The van der Waals surface area contributed by atoms with Crippen molar-refractivity contribution in [1.29, 1.82) is 0 Å². The standard InChI is InChI=1S/C9H15NO2/c1-3-4-5-6-7-8(2)12-9(10)11/h3-6,8H,7H2,1-2H3,(H2,10,11)/b4-3+,6-5+. The van der Waals surface area contributed by atoms with Crippen molar-refractivity contribution in [2.45, 2.75) is 26.4 Å². The van der Waals surface area contributed by atoms with Gasteiger partial charge < -0.3 is 10.5 Å². The molecule has 0 aromatic rings. The highest BCUT2D eigenvalue weighted by atomic mass is 16.6. The van der Waals surface area contributed by atoms with Crippen molar-refractivity contribution in [2.24, 2.45) is 5.73 Å². The summed E-state index contributed by atoms with van der Waals surface area (Å²) in [6.45, 7) is 3.73. The number of nitrogens with two attached hydrogens (primary N) is 1. The second-order valence-corrected chi connectivity index (χ2v) is 2.44. The molecule has 0 aliphatic rings. The van der Waals surface area contributed by atoms with Gasteiger partial charge in [0.1, 0.15) is 6.10 Å². The van der Waals surface area contributed by atoms with Crippen molar-refractivity contribution in [3.63, 3.8) is 0 Å². The largest absolute Gasteiger partial charge is 0.446 e. The quantitative estimate of drug-likeness (QED) is 0.654. The Morgan fingerprint density at radius 3 is 2.75 bits per heavy atom. The molecule has 0 aromatic heterocycles. The van der Waals surface area contributed by atoms with Crippen molar-refractivity contribution in [2.75, 3.05) is 0 Å². The van der Waals surface area contributed by atoms with Crippen molar-refractivity contribution in [3.8, 4) is 0 Å². The third kappa shape index (κ3) is 6.86. The maximum absolute atomic E-state index is 10.3. The van der Waals surface area contributed by atoms with Crippen molar-refractivity contribution >= 4 is 6.09 Å². The van der Waals surface area contributed by atoms with Gasteiger partial charge in [-0.3, -0.25) is 0 Å². The maximum Gasteiger partial charge on any atom is 0.404 e. The van der Waals surface area contributed by atoms with E-state index in [0.29, 0.717) is 6.42 Å². The van der Waals surface area contributed by atoms with Gasteiger partial charge in [-0.15, -0.1) is 0 Å². The molecule has 0 saturated carbocycles. The number of rotatable bonds is 4. The van der Waals surface area contributed by atoms with Crippen LogP contribution in [0, 0.1) is 0 Å². The molecule has 0 rings (SSSR count). The fourth-order valence-corrected chi connectivity index (χ4v) is 0.706. The smallest absolute Gasteiger partial charge is 0.404 e. The maximum atomic E-state index is 10.3. The number of allylic oxidation sites excluding steroid dienone is 3. The normalized spacial score (nSPS) is 13.8. The van der Waals surface area contributed by atoms with Gasteiger partial charge in [0, 0.05) is 6.42 Å². The first kappa shape index (κ1) is 10.8. The first-order chi connectivity index (χ1) is 5.66. The zero-order chi connectivity index (χ0) is 9.40. The van der Waals surface area contributed by atoms with Gasteiger partial charge in [0.2, 0.25) is 0 Å². The minimum absolute atomic E-state index is 0.149. The molecule has 0 aliphatic carbocycles. The van der Waals surface area contributed by atoms with Crippen LogP contribution in [0.2, 0.25) is 0 Å².